The molecule has 3 rings (SSSR count). The van der Waals surface area contributed by atoms with Crippen LogP contribution in [0.5, 0.6) is 5.75 Å². The van der Waals surface area contributed by atoms with Gasteiger partial charge in [0, 0.05) is 13.2 Å². The number of benzene rings is 2. The van der Waals surface area contributed by atoms with Crippen LogP contribution in [0, 0.1) is 13.8 Å². The van der Waals surface area contributed by atoms with Gasteiger partial charge >= 0.3 is 5.97 Å². The van der Waals surface area contributed by atoms with Crippen molar-refractivity contribution in [1.29, 1.82) is 0 Å². The lowest BCUT2D eigenvalue weighted by Crippen LogP contribution is -2.27. The number of sulfonamides is 1. The van der Waals surface area contributed by atoms with Crippen LogP contribution in [0.15, 0.2) is 65.7 Å². The second-order valence-corrected chi connectivity index (χ2v) is 8.15. The highest BCUT2D eigenvalue weighted by molar-refractivity contribution is 7.92. The van der Waals surface area contributed by atoms with Gasteiger partial charge in [-0.25, -0.2) is 13.2 Å². The number of H-pyrrole nitrogens is 1. The fourth-order valence-corrected chi connectivity index (χ4v) is 4.12. The molecule has 0 bridgehead atoms. The monoisotopic (exact) mass is 384 g/mol. The number of esters is 1. The molecule has 0 saturated carbocycles. The van der Waals surface area contributed by atoms with Gasteiger partial charge in [0.25, 0.3) is 10.0 Å². The van der Waals surface area contributed by atoms with Crippen molar-refractivity contribution in [2.75, 3.05) is 11.4 Å². The third-order valence-corrected chi connectivity index (χ3v) is 6.14. The van der Waals surface area contributed by atoms with Crippen LogP contribution in [0.25, 0.3) is 0 Å². The summed E-state index contributed by atoms with van der Waals surface area (Å²) in [5, 5.41) is 0. The first-order valence-electron chi connectivity index (χ1n) is 8.31. The molecule has 0 amide bonds. The Balaban J connectivity index is 1.82. The van der Waals surface area contributed by atoms with Crippen molar-refractivity contribution in [1.82, 2.24) is 4.98 Å². The maximum Gasteiger partial charge on any atom is 0.360 e. The van der Waals surface area contributed by atoms with E-state index in [1.807, 2.05) is 13.0 Å². The summed E-state index contributed by atoms with van der Waals surface area (Å²) in [6.45, 7) is 3.62. The molecule has 1 N–H and O–H groups in total. The minimum absolute atomic E-state index is 0.271. The number of nitrogens with zero attached hydrogens (tertiary/aromatic N) is 1. The summed E-state index contributed by atoms with van der Waals surface area (Å²) < 4.78 is 32.4. The van der Waals surface area contributed by atoms with E-state index in [1.54, 1.807) is 61.7 Å². The SMILES string of the molecule is Cc1ccc(C)c(S(=O)(=O)N(C)c2ccc(OC(=O)c3ccc[nH]3)cc2)c1. The lowest BCUT2D eigenvalue weighted by Gasteiger charge is -2.21. The lowest BCUT2D eigenvalue weighted by atomic mass is 10.2. The molecule has 7 heteroatoms. The summed E-state index contributed by atoms with van der Waals surface area (Å²) in [7, 11) is -2.20. The van der Waals surface area contributed by atoms with Crippen LogP contribution < -0.4 is 9.04 Å². The molecule has 2 aromatic carbocycles. The van der Waals surface area contributed by atoms with Crippen molar-refractivity contribution in [2.24, 2.45) is 0 Å². The van der Waals surface area contributed by atoms with Gasteiger partial charge in [0.15, 0.2) is 0 Å². The van der Waals surface area contributed by atoms with Crippen LogP contribution in [0.3, 0.4) is 0 Å². The van der Waals surface area contributed by atoms with Gasteiger partial charge in [-0.15, -0.1) is 0 Å². The zero-order valence-corrected chi connectivity index (χ0v) is 16.1. The molecule has 0 unspecified atom stereocenters. The number of ether oxygens (including phenoxy) is 1. The Hall–Kier alpha value is -3.06. The van der Waals surface area contributed by atoms with Crippen LogP contribution in [0.4, 0.5) is 5.69 Å². The van der Waals surface area contributed by atoms with Crippen LogP contribution in [0.1, 0.15) is 21.6 Å². The van der Waals surface area contributed by atoms with Crippen molar-refractivity contribution >= 4 is 21.7 Å². The summed E-state index contributed by atoms with van der Waals surface area (Å²) in [5.41, 5.74) is 2.37. The van der Waals surface area contributed by atoms with E-state index in [4.69, 9.17) is 4.74 Å². The van der Waals surface area contributed by atoms with Crippen molar-refractivity contribution in [2.45, 2.75) is 18.7 Å². The fourth-order valence-electron chi connectivity index (χ4n) is 2.61. The maximum absolute atomic E-state index is 13.0. The molecule has 0 aliphatic rings. The molecule has 0 atom stereocenters. The van der Waals surface area contributed by atoms with Crippen molar-refractivity contribution < 1.29 is 17.9 Å². The Morgan fingerprint density at radius 2 is 1.74 bits per heavy atom. The number of hydrogen-bond donors (Lipinski definition) is 1. The number of anilines is 1. The molecule has 0 aliphatic heterocycles. The first-order chi connectivity index (χ1) is 12.8. The highest BCUT2D eigenvalue weighted by Crippen LogP contribution is 2.26. The lowest BCUT2D eigenvalue weighted by molar-refractivity contribution is 0.0729. The first kappa shape index (κ1) is 18.7. The topological polar surface area (TPSA) is 79.5 Å². The molecule has 1 heterocycles. The van der Waals surface area contributed by atoms with Gasteiger partial charge < -0.3 is 9.72 Å². The largest absolute Gasteiger partial charge is 0.422 e. The number of aromatic nitrogens is 1. The van der Waals surface area contributed by atoms with E-state index in [9.17, 15) is 13.2 Å². The Bertz CT molecular complexity index is 1060. The van der Waals surface area contributed by atoms with E-state index in [2.05, 4.69) is 4.98 Å². The van der Waals surface area contributed by atoms with E-state index in [1.165, 1.54) is 11.4 Å². The van der Waals surface area contributed by atoms with E-state index < -0.39 is 16.0 Å². The molecule has 3 aromatic rings. The highest BCUT2D eigenvalue weighted by Gasteiger charge is 2.23. The summed E-state index contributed by atoms with van der Waals surface area (Å²) in [4.78, 5) is 15.0. The van der Waals surface area contributed by atoms with Crippen molar-refractivity contribution in [3.63, 3.8) is 0 Å². The Morgan fingerprint density at radius 3 is 2.37 bits per heavy atom. The number of aromatic amines is 1. The minimum Gasteiger partial charge on any atom is -0.422 e. The number of rotatable bonds is 5. The average molecular weight is 384 g/mol. The molecule has 0 saturated heterocycles. The maximum atomic E-state index is 13.0. The number of hydrogen-bond acceptors (Lipinski definition) is 4. The standard InChI is InChI=1S/C20H20N2O4S/c1-14-6-7-15(2)19(13-14)27(24,25)22(3)16-8-10-17(11-9-16)26-20(23)18-5-4-12-21-18/h4-13,21H,1-3H3. The minimum atomic E-state index is -3.70. The molecule has 0 radical (unpaired) electrons. The third-order valence-electron chi connectivity index (χ3n) is 4.21. The number of aryl methyl sites for hydroxylation is 2. The quantitative estimate of drug-likeness (QED) is 0.538. The van der Waals surface area contributed by atoms with Gasteiger partial charge in [0.05, 0.1) is 10.6 Å². The van der Waals surface area contributed by atoms with E-state index in [0.717, 1.165) is 5.56 Å². The van der Waals surface area contributed by atoms with Gasteiger partial charge in [-0.2, -0.15) is 0 Å². The summed E-state index contributed by atoms with van der Waals surface area (Å²) in [6.07, 6.45) is 1.63. The van der Waals surface area contributed by atoms with Crippen molar-refractivity contribution in [3.8, 4) is 5.75 Å². The Labute approximate surface area is 158 Å². The third kappa shape index (κ3) is 3.88. The average Bonchev–Trinajstić information content (AvgIpc) is 3.18. The second kappa shape index (κ2) is 7.28. The summed E-state index contributed by atoms with van der Waals surface area (Å²) in [5.74, 6) is -0.181. The zero-order chi connectivity index (χ0) is 19.6. The highest BCUT2D eigenvalue weighted by atomic mass is 32.2. The second-order valence-electron chi connectivity index (χ2n) is 6.21. The van der Waals surface area contributed by atoms with E-state index in [-0.39, 0.29) is 4.90 Å². The Morgan fingerprint density at radius 1 is 1.04 bits per heavy atom. The van der Waals surface area contributed by atoms with Gasteiger partial charge in [0.2, 0.25) is 0 Å². The number of nitrogens with one attached hydrogen (secondary N) is 1. The van der Waals surface area contributed by atoms with Gasteiger partial charge in [-0.05, 0) is 67.4 Å². The first-order valence-corrected chi connectivity index (χ1v) is 9.75. The summed E-state index contributed by atoms with van der Waals surface area (Å²) >= 11 is 0. The predicted octanol–water partition coefficient (Wildman–Crippen LogP) is 3.68. The van der Waals surface area contributed by atoms with Crippen LogP contribution in [-0.2, 0) is 10.0 Å². The number of carbonyl (C=O) groups is 1. The van der Waals surface area contributed by atoms with Crippen molar-refractivity contribution in [3.05, 3.63) is 77.6 Å². The van der Waals surface area contributed by atoms with Gasteiger partial charge in [-0.1, -0.05) is 12.1 Å². The zero-order valence-electron chi connectivity index (χ0n) is 15.3. The van der Waals surface area contributed by atoms with E-state index >= 15 is 0 Å². The fraction of sp³-hybridized carbons (Fsp3) is 0.150. The van der Waals surface area contributed by atoms with Crippen LogP contribution in [0.2, 0.25) is 0 Å². The summed E-state index contributed by atoms with van der Waals surface area (Å²) in [6, 6.07) is 15.0. The van der Waals surface area contributed by atoms with Crippen LogP contribution in [-0.4, -0.2) is 26.4 Å². The molecule has 0 spiro atoms. The van der Waals surface area contributed by atoms with Gasteiger partial charge in [-0.3, -0.25) is 4.31 Å². The molecular weight excluding hydrogens is 364 g/mol. The molecule has 0 fully saturated rings. The normalized spacial score (nSPS) is 11.2. The molecule has 1 aromatic heterocycles. The molecule has 27 heavy (non-hydrogen) atoms. The van der Waals surface area contributed by atoms with E-state index in [0.29, 0.717) is 22.7 Å². The smallest absolute Gasteiger partial charge is 0.360 e. The molecule has 140 valence electrons. The molecule has 0 aliphatic carbocycles. The predicted molar refractivity (Wildman–Crippen MR) is 104 cm³/mol. The Kier molecular flexibility index (Phi) is 5.05. The van der Waals surface area contributed by atoms with Crippen LogP contribution >= 0.6 is 0 Å². The molecular formula is C20H20N2O4S. The van der Waals surface area contributed by atoms with Gasteiger partial charge in [0.1, 0.15) is 11.4 Å². The molecule has 6 nitrogen and oxygen atoms in total. The number of carbonyl (C=O) groups excluding carboxylic acids is 1.